The van der Waals surface area contributed by atoms with E-state index in [1.165, 1.54) is 0 Å². The van der Waals surface area contributed by atoms with Gasteiger partial charge in [-0.3, -0.25) is 4.79 Å². The molecule has 0 aliphatic carbocycles. The molecule has 0 bridgehead atoms. The molecule has 0 aliphatic rings. The van der Waals surface area contributed by atoms with Crippen LogP contribution in [0.4, 0.5) is 0 Å². The van der Waals surface area contributed by atoms with Crippen molar-refractivity contribution in [2.75, 3.05) is 0 Å². The number of aromatic amines is 1. The maximum absolute atomic E-state index is 12.1. The van der Waals surface area contributed by atoms with Crippen LogP contribution in [-0.2, 0) is 0 Å². The third-order valence-electron chi connectivity index (χ3n) is 3.12. The Morgan fingerprint density at radius 2 is 2.22 bits per heavy atom. The van der Waals surface area contributed by atoms with Crippen LogP contribution in [0.5, 0.6) is 0 Å². The van der Waals surface area contributed by atoms with Crippen LogP contribution in [0.25, 0.3) is 10.9 Å². The van der Waals surface area contributed by atoms with Crippen LogP contribution in [0, 0.1) is 11.3 Å². The van der Waals surface area contributed by atoms with Crippen LogP contribution in [0.1, 0.15) is 48.5 Å². The summed E-state index contributed by atoms with van der Waals surface area (Å²) in [5.41, 5.74) is 2.20. The van der Waals surface area contributed by atoms with Crippen LogP contribution in [0.15, 0.2) is 24.4 Å². The first kappa shape index (κ1) is 12.4. The predicted octanol–water partition coefficient (Wildman–Crippen LogP) is 3.80. The Bertz CT molecular complexity index is 604. The molecule has 0 spiro atoms. The number of ketones is 1. The Balaban J connectivity index is 2.24. The molecule has 0 atom stereocenters. The molecular formula is C15H16N2O. The van der Waals surface area contributed by atoms with Crippen LogP contribution in [0.3, 0.4) is 0 Å². The van der Waals surface area contributed by atoms with E-state index in [1.54, 1.807) is 18.3 Å². The largest absolute Gasteiger partial charge is 0.360 e. The lowest BCUT2D eigenvalue weighted by Gasteiger charge is -1.99. The Kier molecular flexibility index (Phi) is 3.78. The van der Waals surface area contributed by atoms with Gasteiger partial charge in [0.15, 0.2) is 5.78 Å². The minimum Gasteiger partial charge on any atom is -0.360 e. The summed E-state index contributed by atoms with van der Waals surface area (Å²) in [5.74, 6) is 0.180. The first-order valence-corrected chi connectivity index (χ1v) is 6.30. The standard InChI is InChI=1S/C15H16N2O/c1-2-3-4-5-15(18)13-10-17-14-8-11(9-16)6-7-12(13)14/h6-8,10,17H,2-5H2,1H3. The third kappa shape index (κ3) is 2.43. The molecule has 0 fully saturated rings. The molecule has 0 radical (unpaired) electrons. The van der Waals surface area contributed by atoms with Crippen molar-refractivity contribution in [3.63, 3.8) is 0 Å². The van der Waals surface area contributed by atoms with E-state index in [4.69, 9.17) is 5.26 Å². The number of Topliss-reactive ketones (excluding diaryl/α,β-unsaturated/α-hetero) is 1. The lowest BCUT2D eigenvalue weighted by Crippen LogP contribution is -1.97. The highest BCUT2D eigenvalue weighted by atomic mass is 16.1. The molecule has 2 rings (SSSR count). The molecule has 1 heterocycles. The maximum atomic E-state index is 12.1. The first-order valence-electron chi connectivity index (χ1n) is 6.30. The van der Waals surface area contributed by atoms with E-state index in [1.807, 2.05) is 6.07 Å². The zero-order valence-corrected chi connectivity index (χ0v) is 10.5. The van der Waals surface area contributed by atoms with Gasteiger partial charge in [-0.2, -0.15) is 5.26 Å². The fourth-order valence-corrected chi connectivity index (χ4v) is 2.10. The number of carbonyl (C=O) groups is 1. The summed E-state index contributed by atoms with van der Waals surface area (Å²) in [6, 6.07) is 7.46. The van der Waals surface area contributed by atoms with Gasteiger partial charge in [-0.25, -0.2) is 0 Å². The Labute approximate surface area is 106 Å². The fourth-order valence-electron chi connectivity index (χ4n) is 2.10. The van der Waals surface area contributed by atoms with Crippen LogP contribution >= 0.6 is 0 Å². The van der Waals surface area contributed by atoms with Crippen LogP contribution in [-0.4, -0.2) is 10.8 Å². The molecule has 1 N–H and O–H groups in total. The van der Waals surface area contributed by atoms with Gasteiger partial charge >= 0.3 is 0 Å². The van der Waals surface area contributed by atoms with Crippen molar-refractivity contribution < 1.29 is 4.79 Å². The molecule has 0 saturated carbocycles. The SMILES string of the molecule is CCCCCC(=O)c1c[nH]c2cc(C#N)ccc12. The lowest BCUT2D eigenvalue weighted by atomic mass is 10.0. The molecule has 18 heavy (non-hydrogen) atoms. The van der Waals surface area contributed by atoms with Gasteiger partial charge in [0.05, 0.1) is 11.6 Å². The maximum Gasteiger partial charge on any atom is 0.165 e. The Morgan fingerprint density at radius 1 is 1.39 bits per heavy atom. The number of unbranched alkanes of at least 4 members (excludes halogenated alkanes) is 2. The minimum atomic E-state index is 0.180. The summed E-state index contributed by atoms with van der Waals surface area (Å²) in [5, 5.41) is 9.74. The summed E-state index contributed by atoms with van der Waals surface area (Å²) in [7, 11) is 0. The van der Waals surface area contributed by atoms with Gasteiger partial charge in [0.25, 0.3) is 0 Å². The van der Waals surface area contributed by atoms with Crippen molar-refractivity contribution in [1.29, 1.82) is 5.26 Å². The van der Waals surface area contributed by atoms with E-state index in [9.17, 15) is 4.79 Å². The quantitative estimate of drug-likeness (QED) is 0.638. The third-order valence-corrected chi connectivity index (χ3v) is 3.12. The van der Waals surface area contributed by atoms with Crippen LogP contribution in [0.2, 0.25) is 0 Å². The zero-order valence-electron chi connectivity index (χ0n) is 10.5. The highest BCUT2D eigenvalue weighted by Gasteiger charge is 2.11. The first-order chi connectivity index (χ1) is 8.76. The molecule has 0 aliphatic heterocycles. The molecule has 3 heteroatoms. The number of benzene rings is 1. The molecule has 0 unspecified atom stereocenters. The van der Waals surface area contributed by atoms with Gasteiger partial charge in [-0.05, 0) is 18.6 Å². The van der Waals surface area contributed by atoms with Gasteiger partial charge < -0.3 is 4.98 Å². The van der Waals surface area contributed by atoms with Crippen molar-refractivity contribution in [2.45, 2.75) is 32.6 Å². The summed E-state index contributed by atoms with van der Waals surface area (Å²) < 4.78 is 0. The van der Waals surface area contributed by atoms with Gasteiger partial charge in [-0.15, -0.1) is 0 Å². The Hall–Kier alpha value is -2.08. The number of nitrogens with one attached hydrogen (secondary N) is 1. The number of rotatable bonds is 5. The number of fused-ring (bicyclic) bond motifs is 1. The normalized spacial score (nSPS) is 10.4. The summed E-state index contributed by atoms with van der Waals surface area (Å²) >= 11 is 0. The van der Waals surface area contributed by atoms with E-state index < -0.39 is 0 Å². The van der Waals surface area contributed by atoms with Crippen molar-refractivity contribution in [3.8, 4) is 6.07 Å². The average Bonchev–Trinajstić information content (AvgIpc) is 2.81. The van der Waals surface area contributed by atoms with Crippen molar-refractivity contribution >= 4 is 16.7 Å². The number of nitriles is 1. The highest BCUT2D eigenvalue weighted by Crippen LogP contribution is 2.21. The average molecular weight is 240 g/mol. The summed E-state index contributed by atoms with van der Waals surface area (Å²) in [6.07, 6.45) is 5.50. The molecule has 92 valence electrons. The van der Waals surface area contributed by atoms with Gasteiger partial charge in [0, 0.05) is 29.1 Å². The summed E-state index contributed by atoms with van der Waals surface area (Å²) in [4.78, 5) is 15.1. The zero-order chi connectivity index (χ0) is 13.0. The molecule has 1 aromatic heterocycles. The molecule has 0 saturated heterocycles. The Morgan fingerprint density at radius 3 is 2.94 bits per heavy atom. The number of hydrogen-bond donors (Lipinski definition) is 1. The molecule has 1 aromatic carbocycles. The number of H-pyrrole nitrogens is 1. The van der Waals surface area contributed by atoms with E-state index in [0.29, 0.717) is 12.0 Å². The van der Waals surface area contributed by atoms with E-state index in [0.717, 1.165) is 35.7 Å². The predicted molar refractivity (Wildman–Crippen MR) is 71.5 cm³/mol. The van der Waals surface area contributed by atoms with Crippen molar-refractivity contribution in [3.05, 3.63) is 35.5 Å². The molecular weight excluding hydrogens is 224 g/mol. The van der Waals surface area contributed by atoms with Crippen LogP contribution < -0.4 is 0 Å². The van der Waals surface area contributed by atoms with E-state index >= 15 is 0 Å². The van der Waals surface area contributed by atoms with Gasteiger partial charge in [0.2, 0.25) is 0 Å². The molecule has 2 aromatic rings. The van der Waals surface area contributed by atoms with E-state index in [-0.39, 0.29) is 5.78 Å². The molecule has 3 nitrogen and oxygen atoms in total. The smallest absolute Gasteiger partial charge is 0.165 e. The van der Waals surface area contributed by atoms with E-state index in [2.05, 4.69) is 18.0 Å². The number of carbonyl (C=O) groups excluding carboxylic acids is 1. The second-order valence-electron chi connectivity index (χ2n) is 4.45. The monoisotopic (exact) mass is 240 g/mol. The second kappa shape index (κ2) is 5.50. The summed E-state index contributed by atoms with van der Waals surface area (Å²) in [6.45, 7) is 2.12. The highest BCUT2D eigenvalue weighted by molar-refractivity contribution is 6.07. The lowest BCUT2D eigenvalue weighted by molar-refractivity contribution is 0.0981. The van der Waals surface area contributed by atoms with Crippen molar-refractivity contribution in [2.24, 2.45) is 0 Å². The second-order valence-corrected chi connectivity index (χ2v) is 4.45. The fraction of sp³-hybridized carbons (Fsp3) is 0.333. The molecule has 0 amide bonds. The number of nitrogens with zero attached hydrogens (tertiary/aromatic N) is 1. The number of aromatic nitrogens is 1. The minimum absolute atomic E-state index is 0.180. The number of hydrogen-bond acceptors (Lipinski definition) is 2. The van der Waals surface area contributed by atoms with Gasteiger partial charge in [0.1, 0.15) is 0 Å². The van der Waals surface area contributed by atoms with Gasteiger partial charge in [-0.1, -0.05) is 25.8 Å². The van der Waals surface area contributed by atoms with Crippen molar-refractivity contribution in [1.82, 2.24) is 4.98 Å². The topological polar surface area (TPSA) is 56.6 Å².